The normalized spacial score (nSPS) is 13.1. The van der Waals surface area contributed by atoms with E-state index in [2.05, 4.69) is 228 Å². The third kappa shape index (κ3) is 4.47. The Bertz CT molecular complexity index is 3090. The van der Waals surface area contributed by atoms with Crippen molar-refractivity contribution in [1.29, 1.82) is 0 Å². The number of aromatic nitrogens is 1. The highest BCUT2D eigenvalue weighted by Gasteiger charge is 2.52. The maximum atomic E-state index is 2.48. The molecule has 0 unspecified atom stereocenters. The van der Waals surface area contributed by atoms with E-state index in [-0.39, 0.29) is 0 Å². The van der Waals surface area contributed by atoms with Crippen molar-refractivity contribution in [2.45, 2.75) is 5.41 Å². The van der Waals surface area contributed by atoms with Crippen molar-refractivity contribution in [2.75, 3.05) is 4.90 Å². The van der Waals surface area contributed by atoms with Crippen molar-refractivity contribution in [3.63, 3.8) is 0 Å². The largest absolute Gasteiger partial charge is 0.310 e. The molecule has 2 aliphatic rings. The van der Waals surface area contributed by atoms with E-state index in [1.807, 2.05) is 0 Å². The van der Waals surface area contributed by atoms with Crippen LogP contribution in [0.15, 0.2) is 218 Å². The molecule has 266 valence electrons. The summed E-state index contributed by atoms with van der Waals surface area (Å²) in [5.74, 6) is 0. The lowest BCUT2D eigenvalue weighted by Gasteiger charge is -2.32. The van der Waals surface area contributed by atoms with Gasteiger partial charge >= 0.3 is 0 Å². The zero-order valence-electron chi connectivity index (χ0n) is 31.2. The predicted molar refractivity (Wildman–Crippen MR) is 237 cm³/mol. The van der Waals surface area contributed by atoms with E-state index in [4.69, 9.17) is 0 Å². The Morgan fingerprint density at radius 2 is 0.860 bits per heavy atom. The smallest absolute Gasteiger partial charge is 0.0726 e. The molecule has 12 rings (SSSR count). The minimum atomic E-state index is -0.428. The Labute approximate surface area is 332 Å². The molecule has 0 radical (unpaired) electrons. The number of hydrogen-bond donors (Lipinski definition) is 0. The van der Waals surface area contributed by atoms with Gasteiger partial charge in [-0.25, -0.2) is 0 Å². The molecule has 1 aromatic heterocycles. The summed E-state index contributed by atoms with van der Waals surface area (Å²) in [7, 11) is 0. The SMILES string of the molecule is c1ccc(-c2ccc(N(c3cccc(-n4c5ccccc5c5ccccc54)c3)c3cccc4c3-c3ccccc3C43c4ccccc4-c4ccccc43)cc2)cc1. The second-order valence-electron chi connectivity index (χ2n) is 15.2. The zero-order chi connectivity index (χ0) is 37.5. The van der Waals surface area contributed by atoms with Gasteiger partial charge in [-0.15, -0.1) is 0 Å². The number of nitrogens with zero attached hydrogens (tertiary/aromatic N) is 2. The second kappa shape index (κ2) is 12.3. The molecule has 0 bridgehead atoms. The van der Waals surface area contributed by atoms with Crippen LogP contribution >= 0.6 is 0 Å². The summed E-state index contributed by atoms with van der Waals surface area (Å²) in [6.07, 6.45) is 0. The van der Waals surface area contributed by atoms with Crippen LogP contribution in [0.4, 0.5) is 17.1 Å². The van der Waals surface area contributed by atoms with Crippen LogP contribution in [0.5, 0.6) is 0 Å². The number of anilines is 3. The lowest BCUT2D eigenvalue weighted by Crippen LogP contribution is -2.26. The summed E-state index contributed by atoms with van der Waals surface area (Å²) in [6, 6.07) is 80.5. The molecular formula is C55H36N2. The summed E-state index contributed by atoms with van der Waals surface area (Å²) in [6.45, 7) is 0. The highest BCUT2D eigenvalue weighted by atomic mass is 15.1. The summed E-state index contributed by atoms with van der Waals surface area (Å²) in [4.78, 5) is 2.48. The summed E-state index contributed by atoms with van der Waals surface area (Å²) in [5.41, 5.74) is 19.4. The molecule has 1 heterocycles. The van der Waals surface area contributed by atoms with Gasteiger partial charge in [0, 0.05) is 33.4 Å². The molecule has 2 heteroatoms. The van der Waals surface area contributed by atoms with Crippen molar-refractivity contribution >= 4 is 38.9 Å². The van der Waals surface area contributed by atoms with E-state index in [9.17, 15) is 0 Å². The molecule has 0 fully saturated rings. The molecule has 0 amide bonds. The van der Waals surface area contributed by atoms with Crippen LogP contribution in [-0.4, -0.2) is 4.57 Å². The maximum absolute atomic E-state index is 2.48. The highest BCUT2D eigenvalue weighted by molar-refractivity contribution is 6.09. The first-order valence-corrected chi connectivity index (χ1v) is 19.8. The van der Waals surface area contributed by atoms with E-state index in [0.29, 0.717) is 0 Å². The van der Waals surface area contributed by atoms with Crippen molar-refractivity contribution in [3.05, 3.63) is 241 Å². The van der Waals surface area contributed by atoms with Crippen LogP contribution < -0.4 is 4.90 Å². The quantitative estimate of drug-likeness (QED) is 0.172. The van der Waals surface area contributed by atoms with E-state index in [1.54, 1.807) is 0 Å². The molecule has 10 aromatic rings. The molecule has 57 heavy (non-hydrogen) atoms. The van der Waals surface area contributed by atoms with E-state index >= 15 is 0 Å². The zero-order valence-corrected chi connectivity index (χ0v) is 31.2. The van der Waals surface area contributed by atoms with Crippen LogP contribution in [-0.2, 0) is 5.41 Å². The van der Waals surface area contributed by atoms with E-state index in [0.717, 1.165) is 22.7 Å². The Morgan fingerprint density at radius 3 is 1.53 bits per heavy atom. The average Bonchev–Trinajstić information content (AvgIpc) is 3.90. The molecule has 0 saturated heterocycles. The minimum absolute atomic E-state index is 0.428. The Balaban J connectivity index is 1.13. The fourth-order valence-corrected chi connectivity index (χ4v) is 10.1. The predicted octanol–water partition coefficient (Wildman–Crippen LogP) is 14.3. The maximum Gasteiger partial charge on any atom is 0.0726 e. The van der Waals surface area contributed by atoms with Crippen LogP contribution in [0.2, 0.25) is 0 Å². The third-order valence-electron chi connectivity index (χ3n) is 12.4. The standard InChI is InChI=1S/C55H36N2/c1-2-16-37(17-3-1)38-32-34-39(35-33-38)56(40-18-14-19-41(36-40)57-51-29-12-7-22-44(51)45-23-8-13-30-52(45)57)53-31-15-28-50-54(53)46-24-6-11-27-49(46)55(50)47-25-9-4-20-42(47)43-21-5-10-26-48(43)55/h1-36H. The number of benzene rings is 9. The monoisotopic (exact) mass is 724 g/mol. The van der Waals surface area contributed by atoms with Gasteiger partial charge < -0.3 is 9.47 Å². The first kappa shape index (κ1) is 31.9. The van der Waals surface area contributed by atoms with Crippen molar-refractivity contribution < 1.29 is 0 Å². The molecule has 2 aliphatic carbocycles. The summed E-state index contributed by atoms with van der Waals surface area (Å²) < 4.78 is 2.41. The van der Waals surface area contributed by atoms with Crippen molar-refractivity contribution in [1.82, 2.24) is 4.57 Å². The van der Waals surface area contributed by atoms with Gasteiger partial charge in [0.25, 0.3) is 0 Å². The molecule has 1 spiro atoms. The van der Waals surface area contributed by atoms with Crippen LogP contribution in [0, 0.1) is 0 Å². The lowest BCUT2D eigenvalue weighted by molar-refractivity contribution is 0.794. The number of fused-ring (bicyclic) bond motifs is 13. The topological polar surface area (TPSA) is 8.17 Å². The van der Waals surface area contributed by atoms with Crippen LogP contribution in [0.3, 0.4) is 0 Å². The van der Waals surface area contributed by atoms with Crippen LogP contribution in [0.25, 0.3) is 60.9 Å². The van der Waals surface area contributed by atoms with Crippen molar-refractivity contribution in [2.24, 2.45) is 0 Å². The number of rotatable bonds is 5. The first-order valence-electron chi connectivity index (χ1n) is 19.8. The molecule has 0 N–H and O–H groups in total. The second-order valence-corrected chi connectivity index (χ2v) is 15.2. The van der Waals surface area contributed by atoms with Gasteiger partial charge in [0.05, 0.1) is 22.1 Å². The number of para-hydroxylation sites is 2. The van der Waals surface area contributed by atoms with Gasteiger partial charge in [0.2, 0.25) is 0 Å². The fourth-order valence-electron chi connectivity index (χ4n) is 10.1. The molecule has 0 saturated carbocycles. The molecule has 0 atom stereocenters. The Kier molecular flexibility index (Phi) is 6.88. The van der Waals surface area contributed by atoms with Gasteiger partial charge in [0.1, 0.15) is 0 Å². The van der Waals surface area contributed by atoms with Gasteiger partial charge in [-0.05, 0) is 98.6 Å². The Hall–Kier alpha value is -7.42. The minimum Gasteiger partial charge on any atom is -0.310 e. The van der Waals surface area contributed by atoms with Gasteiger partial charge in [-0.1, -0.05) is 170 Å². The van der Waals surface area contributed by atoms with E-state index in [1.165, 1.54) is 77.4 Å². The fraction of sp³-hybridized carbons (Fsp3) is 0.0182. The molecular weight excluding hydrogens is 689 g/mol. The first-order chi connectivity index (χ1) is 28.3. The molecule has 9 aromatic carbocycles. The third-order valence-corrected chi connectivity index (χ3v) is 12.4. The van der Waals surface area contributed by atoms with Gasteiger partial charge in [-0.2, -0.15) is 0 Å². The Morgan fingerprint density at radius 1 is 0.351 bits per heavy atom. The molecule has 2 nitrogen and oxygen atoms in total. The van der Waals surface area contributed by atoms with Gasteiger partial charge in [0.15, 0.2) is 0 Å². The average molecular weight is 725 g/mol. The highest BCUT2D eigenvalue weighted by Crippen LogP contribution is 2.64. The van der Waals surface area contributed by atoms with E-state index < -0.39 is 5.41 Å². The molecule has 0 aliphatic heterocycles. The number of hydrogen-bond acceptors (Lipinski definition) is 1. The lowest BCUT2D eigenvalue weighted by atomic mass is 9.70. The summed E-state index contributed by atoms with van der Waals surface area (Å²) in [5, 5.41) is 2.51. The van der Waals surface area contributed by atoms with Crippen LogP contribution in [0.1, 0.15) is 22.3 Å². The van der Waals surface area contributed by atoms with Crippen molar-refractivity contribution in [3.8, 4) is 39.1 Å². The van der Waals surface area contributed by atoms with Gasteiger partial charge in [-0.3, -0.25) is 0 Å². The summed E-state index contributed by atoms with van der Waals surface area (Å²) >= 11 is 0.